The highest BCUT2D eigenvalue weighted by atomic mass is 19.1. The number of rotatable bonds is 10. The molecule has 3 aliphatic heterocycles. The standard InChI is InChI=1S/C34H44FN9O3.CH2O2/c1-4-44(23(2)3)33(46)27-17-26(35)6-7-28(27)47-32-31(38-22-39-40-32)43-20-34(21-43)11-15-41(16-12-34)19-24-9-13-42(14-10-24)29-8-5-25(18-37-29)30(36)45;2-1-3/h5-8,17-18,22-24H,4,9-16,19-21H2,1-3H3,(H2,36,45);1H,(H,2,3). The predicted octanol–water partition coefficient (Wildman–Crippen LogP) is 3.69. The first kappa shape index (κ1) is 36.4. The van der Waals surface area contributed by atoms with E-state index in [-0.39, 0.29) is 41.0 Å². The third kappa shape index (κ3) is 8.44. The minimum Gasteiger partial charge on any atom is -0.483 e. The number of likely N-dealkylation sites (tertiary alicyclic amines) is 1. The highest BCUT2D eigenvalue weighted by Crippen LogP contribution is 2.44. The van der Waals surface area contributed by atoms with Crippen LogP contribution in [0, 0.1) is 17.2 Å². The van der Waals surface area contributed by atoms with E-state index in [1.807, 2.05) is 26.8 Å². The van der Waals surface area contributed by atoms with Crippen molar-refractivity contribution >= 4 is 29.9 Å². The fraction of sp³-hybridized carbons (Fsp3) is 0.514. The summed E-state index contributed by atoms with van der Waals surface area (Å²) in [5, 5.41) is 15.0. The van der Waals surface area contributed by atoms with Crippen molar-refractivity contribution in [3.05, 3.63) is 59.8 Å². The molecule has 1 aromatic carbocycles. The van der Waals surface area contributed by atoms with Gasteiger partial charge in [-0.15, -0.1) is 10.2 Å². The first-order chi connectivity index (χ1) is 24.1. The topological polar surface area (TPSA) is 171 Å². The van der Waals surface area contributed by atoms with Crippen LogP contribution in [0.1, 0.15) is 67.2 Å². The van der Waals surface area contributed by atoms with Crippen molar-refractivity contribution in [2.75, 3.05) is 62.2 Å². The Bertz CT molecular complexity index is 1620. The summed E-state index contributed by atoms with van der Waals surface area (Å²) < 4.78 is 20.4. The molecule has 2 amide bonds. The Morgan fingerprint density at radius 2 is 1.80 bits per heavy atom. The second-order valence-corrected chi connectivity index (χ2v) is 13.5. The summed E-state index contributed by atoms with van der Waals surface area (Å²) in [6.45, 7) is 12.8. The number of primary amides is 1. The van der Waals surface area contributed by atoms with Crippen molar-refractivity contribution in [3.63, 3.8) is 0 Å². The molecule has 5 heterocycles. The summed E-state index contributed by atoms with van der Waals surface area (Å²) in [5.74, 6) is 1.30. The van der Waals surface area contributed by atoms with Crippen LogP contribution < -0.4 is 20.3 Å². The fourth-order valence-electron chi connectivity index (χ4n) is 7.17. The third-order valence-corrected chi connectivity index (χ3v) is 9.93. The smallest absolute Gasteiger partial charge is 0.290 e. The second-order valence-electron chi connectivity index (χ2n) is 13.5. The van der Waals surface area contributed by atoms with Crippen molar-refractivity contribution in [3.8, 4) is 11.6 Å². The monoisotopic (exact) mass is 691 g/mol. The number of carboxylic acid groups (broad SMARTS) is 1. The van der Waals surface area contributed by atoms with Crippen LogP contribution in [0.15, 0.2) is 42.9 Å². The molecule has 1 spiro atoms. The number of hydrogen-bond acceptors (Lipinski definition) is 11. The lowest BCUT2D eigenvalue weighted by Crippen LogP contribution is -2.61. The number of anilines is 2. The number of aromatic nitrogens is 4. The lowest BCUT2D eigenvalue weighted by Gasteiger charge is -2.54. The molecular weight excluding hydrogens is 645 g/mol. The van der Waals surface area contributed by atoms with Gasteiger partial charge in [0, 0.05) is 56.9 Å². The predicted molar refractivity (Wildman–Crippen MR) is 185 cm³/mol. The van der Waals surface area contributed by atoms with Crippen LogP contribution in [-0.4, -0.2) is 112 Å². The maximum Gasteiger partial charge on any atom is 0.290 e. The van der Waals surface area contributed by atoms with Crippen molar-refractivity contribution in [2.24, 2.45) is 17.1 Å². The zero-order valence-electron chi connectivity index (χ0n) is 28.9. The molecule has 3 aliphatic rings. The molecule has 3 aromatic rings. The summed E-state index contributed by atoms with van der Waals surface area (Å²) in [6, 6.07) is 7.53. The number of piperidine rings is 2. The molecule has 15 heteroatoms. The van der Waals surface area contributed by atoms with Gasteiger partial charge in [-0.1, -0.05) is 0 Å². The van der Waals surface area contributed by atoms with Crippen LogP contribution in [0.5, 0.6) is 11.6 Å². The molecule has 0 aliphatic carbocycles. The van der Waals surface area contributed by atoms with E-state index in [1.54, 1.807) is 17.2 Å². The fourth-order valence-corrected chi connectivity index (χ4v) is 7.17. The van der Waals surface area contributed by atoms with Gasteiger partial charge >= 0.3 is 0 Å². The number of carbonyl (C=O) groups excluding carboxylic acids is 2. The SMILES string of the molecule is CCN(C(=O)c1cc(F)ccc1Oc1nncnc1N1CC2(CCN(CC3CCN(c4ccc(C(N)=O)cn4)CC3)CC2)C1)C(C)C.O=CO. The lowest BCUT2D eigenvalue weighted by molar-refractivity contribution is -0.122. The van der Waals surface area contributed by atoms with Gasteiger partial charge in [0.2, 0.25) is 5.91 Å². The maximum atomic E-state index is 14.3. The Morgan fingerprint density at radius 3 is 2.40 bits per heavy atom. The molecule has 0 saturated carbocycles. The molecule has 0 atom stereocenters. The molecule has 3 N–H and O–H groups in total. The zero-order valence-corrected chi connectivity index (χ0v) is 28.9. The highest BCUT2D eigenvalue weighted by molar-refractivity contribution is 5.97. The van der Waals surface area contributed by atoms with E-state index in [0.717, 1.165) is 77.3 Å². The molecule has 3 fully saturated rings. The number of halogens is 1. The first-order valence-corrected chi connectivity index (χ1v) is 17.1. The van der Waals surface area contributed by atoms with Gasteiger partial charge in [-0.05, 0) is 95.8 Å². The van der Waals surface area contributed by atoms with Crippen LogP contribution >= 0.6 is 0 Å². The quantitative estimate of drug-likeness (QED) is 0.296. The molecule has 2 aromatic heterocycles. The van der Waals surface area contributed by atoms with Crippen LogP contribution in [0.3, 0.4) is 0 Å². The van der Waals surface area contributed by atoms with E-state index < -0.39 is 11.7 Å². The number of benzene rings is 1. The summed E-state index contributed by atoms with van der Waals surface area (Å²) >= 11 is 0. The van der Waals surface area contributed by atoms with E-state index in [4.69, 9.17) is 20.4 Å². The maximum absolute atomic E-state index is 14.3. The Labute approximate surface area is 291 Å². The van der Waals surface area contributed by atoms with Crippen molar-refractivity contribution in [1.29, 1.82) is 0 Å². The molecule has 0 bridgehead atoms. The molecule has 6 rings (SSSR count). The van der Waals surface area contributed by atoms with E-state index >= 15 is 0 Å². The van der Waals surface area contributed by atoms with E-state index in [0.29, 0.717) is 23.8 Å². The number of nitrogens with two attached hydrogens (primary N) is 1. The molecule has 0 radical (unpaired) electrons. The number of amides is 2. The Morgan fingerprint density at radius 1 is 1.10 bits per heavy atom. The van der Waals surface area contributed by atoms with Crippen molar-refractivity contribution < 1.29 is 28.6 Å². The molecular formula is C35H46FN9O5. The number of pyridine rings is 1. The van der Waals surface area contributed by atoms with Gasteiger partial charge in [-0.25, -0.2) is 14.4 Å². The van der Waals surface area contributed by atoms with E-state index in [2.05, 4.69) is 34.9 Å². The van der Waals surface area contributed by atoms with Gasteiger partial charge in [0.15, 0.2) is 5.82 Å². The van der Waals surface area contributed by atoms with Crippen LogP contribution in [0.2, 0.25) is 0 Å². The largest absolute Gasteiger partial charge is 0.483 e. The summed E-state index contributed by atoms with van der Waals surface area (Å²) in [6.07, 6.45) is 7.43. The third-order valence-electron chi connectivity index (χ3n) is 9.93. The van der Waals surface area contributed by atoms with Gasteiger partial charge in [-0.3, -0.25) is 14.4 Å². The minimum absolute atomic E-state index is 0.0491. The summed E-state index contributed by atoms with van der Waals surface area (Å²) in [5.41, 5.74) is 6.15. The normalized spacial score (nSPS) is 17.5. The average molecular weight is 692 g/mol. The minimum atomic E-state index is -0.509. The van der Waals surface area contributed by atoms with Crippen LogP contribution in [0.25, 0.3) is 0 Å². The van der Waals surface area contributed by atoms with E-state index in [9.17, 15) is 14.0 Å². The molecule has 50 heavy (non-hydrogen) atoms. The van der Waals surface area contributed by atoms with Gasteiger partial charge < -0.3 is 35.2 Å². The highest BCUT2D eigenvalue weighted by Gasteiger charge is 2.46. The van der Waals surface area contributed by atoms with Gasteiger partial charge in [0.25, 0.3) is 18.3 Å². The molecule has 0 unspecified atom stereocenters. The number of ether oxygens (including phenoxy) is 1. The molecule has 14 nitrogen and oxygen atoms in total. The molecule has 3 saturated heterocycles. The van der Waals surface area contributed by atoms with Crippen molar-refractivity contribution in [2.45, 2.75) is 52.5 Å². The zero-order chi connectivity index (χ0) is 35.8. The van der Waals surface area contributed by atoms with Gasteiger partial charge in [0.1, 0.15) is 23.7 Å². The van der Waals surface area contributed by atoms with Crippen LogP contribution in [-0.2, 0) is 4.79 Å². The van der Waals surface area contributed by atoms with Crippen LogP contribution in [0.4, 0.5) is 16.0 Å². The van der Waals surface area contributed by atoms with Crippen molar-refractivity contribution in [1.82, 2.24) is 30.0 Å². The Kier molecular flexibility index (Phi) is 11.8. The van der Waals surface area contributed by atoms with Gasteiger partial charge in [-0.2, -0.15) is 0 Å². The van der Waals surface area contributed by atoms with Gasteiger partial charge in [0.05, 0.1) is 11.1 Å². The first-order valence-electron chi connectivity index (χ1n) is 17.1. The summed E-state index contributed by atoms with van der Waals surface area (Å²) in [4.78, 5) is 50.7. The Balaban J connectivity index is 0.00000156. The number of hydrogen-bond donors (Lipinski definition) is 2. The summed E-state index contributed by atoms with van der Waals surface area (Å²) in [7, 11) is 0. The van der Waals surface area contributed by atoms with E-state index in [1.165, 1.54) is 24.5 Å². The average Bonchev–Trinajstić information content (AvgIpc) is 3.09. The number of carbonyl (C=O) groups is 3. The lowest BCUT2D eigenvalue weighted by atomic mass is 9.72. The number of nitrogens with zero attached hydrogens (tertiary/aromatic N) is 8. The molecule has 268 valence electrons. The Hall–Kier alpha value is -4.92. The second kappa shape index (κ2) is 16.2.